The van der Waals surface area contributed by atoms with E-state index in [1.807, 2.05) is 11.8 Å². The molecule has 40 heavy (non-hydrogen) atoms. The number of aliphatic carboxylic acids is 1. The third kappa shape index (κ3) is 7.08. The summed E-state index contributed by atoms with van der Waals surface area (Å²) in [5.74, 6) is -1.03. The Morgan fingerprint density at radius 1 is 1.20 bits per heavy atom. The Morgan fingerprint density at radius 2 is 1.95 bits per heavy atom. The fourth-order valence-corrected chi connectivity index (χ4v) is 4.96. The number of nitrogens with one attached hydrogen (secondary N) is 1. The lowest BCUT2D eigenvalue weighted by atomic mass is 10.1. The number of nitrogens with zero attached hydrogens (tertiary/aromatic N) is 4. The van der Waals surface area contributed by atoms with Crippen LogP contribution in [0.2, 0.25) is 0 Å². The number of rotatable bonds is 10. The number of hydrogen-bond donors (Lipinski definition) is 2. The second kappa shape index (κ2) is 12.4. The van der Waals surface area contributed by atoms with Crippen LogP contribution in [0.3, 0.4) is 0 Å². The number of aromatic nitrogens is 1. The molecule has 0 bridgehead atoms. The summed E-state index contributed by atoms with van der Waals surface area (Å²) in [6, 6.07) is 7.40. The van der Waals surface area contributed by atoms with Crippen molar-refractivity contribution >= 4 is 29.6 Å². The lowest BCUT2D eigenvalue weighted by Crippen LogP contribution is -2.42. The zero-order valence-electron chi connectivity index (χ0n) is 21.9. The van der Waals surface area contributed by atoms with E-state index in [4.69, 9.17) is 0 Å². The maximum absolute atomic E-state index is 13.3. The zero-order chi connectivity index (χ0) is 28.9. The van der Waals surface area contributed by atoms with Gasteiger partial charge in [0, 0.05) is 19.3 Å². The molecule has 0 spiro atoms. The number of benzene rings is 1. The Balaban J connectivity index is 1.59. The van der Waals surface area contributed by atoms with Crippen LogP contribution in [-0.4, -0.2) is 58.3 Å². The highest BCUT2D eigenvalue weighted by atomic mass is 19.4. The predicted molar refractivity (Wildman–Crippen MR) is 141 cm³/mol. The fourth-order valence-electron chi connectivity index (χ4n) is 4.96. The van der Waals surface area contributed by atoms with Crippen LogP contribution in [0.15, 0.2) is 63.5 Å². The van der Waals surface area contributed by atoms with E-state index < -0.39 is 24.1 Å². The van der Waals surface area contributed by atoms with Crippen molar-refractivity contribution in [3.05, 3.63) is 64.1 Å². The average molecular weight is 562 g/mol. The highest BCUT2D eigenvalue weighted by molar-refractivity contribution is 6.03. The number of pyridine rings is 1. The molecule has 1 aromatic carbocycles. The molecule has 1 saturated heterocycles. The topological polar surface area (TPSA) is 116 Å². The number of allylic oxidation sites excluding steroid dienone is 1. The van der Waals surface area contributed by atoms with Gasteiger partial charge in [-0.25, -0.2) is 10.0 Å². The Bertz CT molecular complexity index is 1350. The lowest BCUT2D eigenvalue weighted by Gasteiger charge is -2.23. The quantitative estimate of drug-likeness (QED) is 0.195. The molecule has 1 aromatic heterocycles. The Morgan fingerprint density at radius 3 is 2.58 bits per heavy atom. The van der Waals surface area contributed by atoms with Gasteiger partial charge in [0.1, 0.15) is 23.3 Å². The molecule has 2 heterocycles. The molecule has 2 aromatic rings. The number of halogens is 3. The summed E-state index contributed by atoms with van der Waals surface area (Å²) in [5.41, 5.74) is 4.77. The first-order valence-electron chi connectivity index (χ1n) is 12.9. The Kier molecular flexibility index (Phi) is 8.93. The number of carboxylic acid groups (broad SMARTS) is 1. The highest BCUT2D eigenvalue weighted by Gasteiger charge is 2.31. The molecule has 1 atom stereocenters. The van der Waals surface area contributed by atoms with Gasteiger partial charge in [-0.3, -0.25) is 24.7 Å². The van der Waals surface area contributed by atoms with Crippen molar-refractivity contribution < 1.29 is 32.6 Å². The Hall–Kier alpha value is -4.13. The second-order valence-electron chi connectivity index (χ2n) is 9.63. The van der Waals surface area contributed by atoms with Crippen molar-refractivity contribution in [2.24, 2.45) is 4.99 Å². The van der Waals surface area contributed by atoms with Gasteiger partial charge < -0.3 is 14.4 Å². The number of alkyl halides is 3. The van der Waals surface area contributed by atoms with Gasteiger partial charge in [-0.05, 0) is 87.5 Å². The molecule has 2 aliphatic rings. The largest absolute Gasteiger partial charge is 0.573 e. The molecular weight excluding hydrogens is 531 g/mol. The van der Waals surface area contributed by atoms with E-state index in [1.54, 1.807) is 18.3 Å². The van der Waals surface area contributed by atoms with Crippen LogP contribution in [0, 0.1) is 0 Å². The number of amidine groups is 1. The molecule has 10 nitrogen and oxygen atoms in total. The number of carbonyl (C=O) groups excluding carboxylic acids is 1. The Labute approximate surface area is 228 Å². The van der Waals surface area contributed by atoms with E-state index in [-0.39, 0.29) is 29.3 Å². The maximum Gasteiger partial charge on any atom is 0.573 e. The van der Waals surface area contributed by atoms with E-state index in [2.05, 4.69) is 15.2 Å². The standard InChI is InChI=1S/C27H30F3N5O5/c1-18-5-2-6-21(18)24(32-35(17-36)19-9-11-20(12-10-19)40-27(28,29)30)31-22-7-3-14-34(25(22)37)16-15-33-13-4-8-23(33)26(38)39/h3,7,9-12,14,17,23H,2,4-6,8,13,15-16H2,1H3,(H,31,32)(H,38,39). The minimum Gasteiger partial charge on any atom is -0.480 e. The number of ether oxygens (including phenoxy) is 1. The van der Waals surface area contributed by atoms with Gasteiger partial charge in [0.15, 0.2) is 0 Å². The molecule has 1 unspecified atom stereocenters. The van der Waals surface area contributed by atoms with Crippen LogP contribution >= 0.6 is 0 Å². The van der Waals surface area contributed by atoms with Crippen molar-refractivity contribution in [3.8, 4) is 5.75 Å². The van der Waals surface area contributed by atoms with E-state index in [0.29, 0.717) is 32.3 Å². The van der Waals surface area contributed by atoms with Gasteiger partial charge in [-0.2, -0.15) is 0 Å². The molecule has 1 aliphatic carbocycles. The van der Waals surface area contributed by atoms with Crippen molar-refractivity contribution in [2.45, 2.75) is 58.0 Å². The van der Waals surface area contributed by atoms with Gasteiger partial charge in [0.2, 0.25) is 6.41 Å². The van der Waals surface area contributed by atoms with Crippen molar-refractivity contribution in [2.75, 3.05) is 18.1 Å². The highest BCUT2D eigenvalue weighted by Crippen LogP contribution is 2.28. The van der Waals surface area contributed by atoms with E-state index in [1.165, 1.54) is 16.7 Å². The molecule has 214 valence electrons. The summed E-state index contributed by atoms with van der Waals surface area (Å²) >= 11 is 0. The molecule has 0 radical (unpaired) electrons. The number of hydrogen-bond acceptors (Lipinski definition) is 6. The zero-order valence-corrected chi connectivity index (χ0v) is 21.9. The SMILES string of the molecule is CC1=C(C(=Nc2cccn(CCN3CCCC3C(=O)O)c2=O)NN(C=O)c2ccc(OC(F)(F)F)cc2)CCC1. The number of anilines is 1. The van der Waals surface area contributed by atoms with Crippen LogP contribution in [0.5, 0.6) is 5.75 Å². The molecular formula is C27H30F3N5O5. The average Bonchev–Trinajstić information content (AvgIpc) is 3.55. The monoisotopic (exact) mass is 561 g/mol. The molecule has 1 amide bonds. The molecule has 13 heteroatoms. The summed E-state index contributed by atoms with van der Waals surface area (Å²) in [5, 5.41) is 10.5. The van der Waals surface area contributed by atoms with Gasteiger partial charge in [0.05, 0.1) is 5.69 Å². The predicted octanol–water partition coefficient (Wildman–Crippen LogP) is 3.99. The van der Waals surface area contributed by atoms with E-state index in [9.17, 15) is 32.7 Å². The first-order chi connectivity index (χ1) is 19.1. The summed E-state index contributed by atoms with van der Waals surface area (Å²) in [6.07, 6.45) is 0.933. The third-order valence-electron chi connectivity index (χ3n) is 6.97. The number of aliphatic imine (C=N–C) groups is 1. The number of likely N-dealkylation sites (tertiary alicyclic amines) is 1. The maximum atomic E-state index is 13.3. The van der Waals surface area contributed by atoms with Crippen molar-refractivity contribution in [3.63, 3.8) is 0 Å². The first-order valence-corrected chi connectivity index (χ1v) is 12.9. The molecule has 4 rings (SSSR count). The molecule has 1 fully saturated rings. The molecule has 1 aliphatic heterocycles. The molecule has 2 N–H and O–H groups in total. The van der Waals surface area contributed by atoms with Gasteiger partial charge in [-0.1, -0.05) is 5.57 Å². The lowest BCUT2D eigenvalue weighted by molar-refractivity contribution is -0.274. The van der Waals surface area contributed by atoms with Gasteiger partial charge in [0.25, 0.3) is 5.56 Å². The van der Waals surface area contributed by atoms with E-state index in [0.717, 1.165) is 47.6 Å². The van der Waals surface area contributed by atoms with Crippen LogP contribution in [0.1, 0.15) is 39.0 Å². The third-order valence-corrected chi connectivity index (χ3v) is 6.97. The summed E-state index contributed by atoms with van der Waals surface area (Å²) in [4.78, 5) is 43.2. The smallest absolute Gasteiger partial charge is 0.480 e. The van der Waals surface area contributed by atoms with Crippen molar-refractivity contribution in [1.82, 2.24) is 14.9 Å². The number of amides is 1. The normalized spacial score (nSPS) is 18.2. The van der Waals surface area contributed by atoms with Crippen LogP contribution in [0.4, 0.5) is 24.5 Å². The number of hydrazine groups is 1. The minimum atomic E-state index is -4.84. The van der Waals surface area contributed by atoms with Crippen molar-refractivity contribution in [1.29, 1.82) is 0 Å². The van der Waals surface area contributed by atoms with Crippen LogP contribution < -0.4 is 20.7 Å². The first kappa shape index (κ1) is 28.9. The second-order valence-corrected chi connectivity index (χ2v) is 9.63. The fraction of sp³-hybridized carbons (Fsp3) is 0.407. The number of carboxylic acids is 1. The van der Waals surface area contributed by atoms with E-state index >= 15 is 0 Å². The van der Waals surface area contributed by atoms with Crippen LogP contribution in [-0.2, 0) is 16.1 Å². The van der Waals surface area contributed by atoms with Crippen LogP contribution in [0.25, 0.3) is 0 Å². The summed E-state index contributed by atoms with van der Waals surface area (Å²) in [6.45, 7) is 3.26. The van der Waals surface area contributed by atoms with Gasteiger partial charge in [-0.15, -0.1) is 13.2 Å². The number of carbonyl (C=O) groups is 2. The minimum absolute atomic E-state index is 0.119. The van der Waals surface area contributed by atoms with Gasteiger partial charge >= 0.3 is 12.3 Å². The molecule has 0 saturated carbocycles. The summed E-state index contributed by atoms with van der Waals surface area (Å²) < 4.78 is 42.9. The summed E-state index contributed by atoms with van der Waals surface area (Å²) in [7, 11) is 0.